The van der Waals surface area contributed by atoms with Crippen molar-refractivity contribution in [3.8, 4) is 5.69 Å². The van der Waals surface area contributed by atoms with Crippen molar-refractivity contribution in [2.45, 2.75) is 46.0 Å². The van der Waals surface area contributed by atoms with Crippen LogP contribution in [0.25, 0.3) is 27.9 Å². The Labute approximate surface area is 154 Å². The molecular formula is C23H25N3. The standard InChI is InChI=1S/C23H25N3/c1-3-4-5-6-9-19-16-22-23(25-21-11-8-7-10-20(21)24-22)26(19)18-14-12-17(2)13-15-18/h7-8,10-16H,3-6,9H2,1-2H3. The van der Waals surface area contributed by atoms with Crippen molar-refractivity contribution in [1.29, 1.82) is 0 Å². The monoisotopic (exact) mass is 343 g/mol. The molecule has 0 N–H and O–H groups in total. The van der Waals surface area contributed by atoms with E-state index in [9.17, 15) is 0 Å². The Morgan fingerprint density at radius 2 is 1.54 bits per heavy atom. The molecule has 0 spiro atoms. The Morgan fingerprint density at radius 3 is 2.27 bits per heavy atom. The summed E-state index contributed by atoms with van der Waals surface area (Å²) in [6.45, 7) is 4.37. The van der Waals surface area contributed by atoms with E-state index in [0.717, 1.165) is 28.6 Å². The van der Waals surface area contributed by atoms with E-state index in [1.807, 2.05) is 24.3 Å². The van der Waals surface area contributed by atoms with Crippen molar-refractivity contribution in [2.24, 2.45) is 0 Å². The van der Waals surface area contributed by atoms with Gasteiger partial charge in [-0.2, -0.15) is 0 Å². The van der Waals surface area contributed by atoms with Gasteiger partial charge in [-0.05, 0) is 50.1 Å². The molecule has 2 aromatic carbocycles. The number of rotatable bonds is 6. The predicted octanol–water partition coefficient (Wildman–Crippen LogP) is 6.00. The minimum atomic E-state index is 0.948. The maximum atomic E-state index is 4.94. The van der Waals surface area contributed by atoms with Crippen molar-refractivity contribution in [3.63, 3.8) is 0 Å². The highest BCUT2D eigenvalue weighted by molar-refractivity contribution is 5.86. The van der Waals surface area contributed by atoms with Crippen LogP contribution in [0.3, 0.4) is 0 Å². The van der Waals surface area contributed by atoms with Crippen LogP contribution in [-0.4, -0.2) is 14.5 Å². The molecule has 2 heterocycles. The number of fused-ring (bicyclic) bond motifs is 2. The molecule has 0 bridgehead atoms. The van der Waals surface area contributed by atoms with E-state index in [4.69, 9.17) is 9.97 Å². The zero-order valence-electron chi connectivity index (χ0n) is 15.6. The molecule has 2 aromatic heterocycles. The second-order valence-electron chi connectivity index (χ2n) is 7.04. The first kappa shape index (κ1) is 16.8. The van der Waals surface area contributed by atoms with E-state index in [0.29, 0.717) is 0 Å². The number of unbranched alkanes of at least 4 members (excludes halogenated alkanes) is 3. The van der Waals surface area contributed by atoms with Gasteiger partial charge in [0.2, 0.25) is 0 Å². The molecule has 0 saturated carbocycles. The van der Waals surface area contributed by atoms with E-state index in [2.05, 4.69) is 48.7 Å². The molecule has 4 rings (SSSR count). The van der Waals surface area contributed by atoms with Crippen molar-refractivity contribution < 1.29 is 0 Å². The van der Waals surface area contributed by atoms with Gasteiger partial charge in [-0.3, -0.25) is 4.57 Å². The van der Waals surface area contributed by atoms with Gasteiger partial charge < -0.3 is 0 Å². The van der Waals surface area contributed by atoms with E-state index >= 15 is 0 Å². The molecule has 3 heteroatoms. The van der Waals surface area contributed by atoms with Crippen molar-refractivity contribution in [3.05, 3.63) is 65.9 Å². The van der Waals surface area contributed by atoms with Gasteiger partial charge >= 0.3 is 0 Å². The molecule has 0 aliphatic heterocycles. The molecule has 0 aliphatic carbocycles. The lowest BCUT2D eigenvalue weighted by Gasteiger charge is -2.11. The average molecular weight is 343 g/mol. The van der Waals surface area contributed by atoms with Crippen LogP contribution in [-0.2, 0) is 6.42 Å². The van der Waals surface area contributed by atoms with Gasteiger partial charge in [0.05, 0.1) is 11.0 Å². The topological polar surface area (TPSA) is 30.7 Å². The fraction of sp³-hybridized carbons (Fsp3) is 0.304. The van der Waals surface area contributed by atoms with Gasteiger partial charge in [0.1, 0.15) is 5.52 Å². The molecule has 0 unspecified atom stereocenters. The van der Waals surface area contributed by atoms with Gasteiger partial charge in [0.15, 0.2) is 5.65 Å². The lowest BCUT2D eigenvalue weighted by molar-refractivity contribution is 0.657. The lowest BCUT2D eigenvalue weighted by Crippen LogP contribution is -2.02. The lowest BCUT2D eigenvalue weighted by atomic mass is 10.1. The summed E-state index contributed by atoms with van der Waals surface area (Å²) in [4.78, 5) is 9.81. The SMILES string of the molecule is CCCCCCc1cc2nc3ccccc3nc2n1-c1ccc(C)cc1. The Hall–Kier alpha value is -2.68. The molecule has 0 radical (unpaired) electrons. The molecular weight excluding hydrogens is 318 g/mol. The second-order valence-corrected chi connectivity index (χ2v) is 7.04. The summed E-state index contributed by atoms with van der Waals surface area (Å²) in [5, 5.41) is 0. The third-order valence-corrected chi connectivity index (χ3v) is 4.96. The van der Waals surface area contributed by atoms with Crippen molar-refractivity contribution in [1.82, 2.24) is 14.5 Å². The largest absolute Gasteiger partial charge is 0.297 e. The summed E-state index contributed by atoms with van der Waals surface area (Å²) in [5.41, 5.74) is 7.58. The fourth-order valence-electron chi connectivity index (χ4n) is 3.52. The summed E-state index contributed by atoms with van der Waals surface area (Å²) in [7, 11) is 0. The number of aryl methyl sites for hydroxylation is 2. The van der Waals surface area contributed by atoms with E-state index in [1.165, 1.54) is 42.6 Å². The zero-order valence-corrected chi connectivity index (χ0v) is 15.6. The quantitative estimate of drug-likeness (QED) is 0.402. The third kappa shape index (κ3) is 3.22. The van der Waals surface area contributed by atoms with Gasteiger partial charge in [-0.15, -0.1) is 0 Å². The first-order valence-electron chi connectivity index (χ1n) is 9.60. The van der Waals surface area contributed by atoms with Gasteiger partial charge in [0.25, 0.3) is 0 Å². The molecule has 0 atom stereocenters. The summed E-state index contributed by atoms with van der Waals surface area (Å²) in [5.74, 6) is 0. The first-order chi connectivity index (χ1) is 12.8. The predicted molar refractivity (Wildman–Crippen MR) is 109 cm³/mol. The Kier molecular flexibility index (Phi) is 4.70. The second kappa shape index (κ2) is 7.28. The Balaban J connectivity index is 1.85. The van der Waals surface area contributed by atoms with Crippen LogP contribution >= 0.6 is 0 Å². The molecule has 132 valence electrons. The fourth-order valence-corrected chi connectivity index (χ4v) is 3.52. The van der Waals surface area contributed by atoms with Crippen LogP contribution in [0.1, 0.15) is 43.9 Å². The van der Waals surface area contributed by atoms with Crippen LogP contribution in [0, 0.1) is 6.92 Å². The van der Waals surface area contributed by atoms with Crippen molar-refractivity contribution in [2.75, 3.05) is 0 Å². The summed E-state index contributed by atoms with van der Waals surface area (Å²) < 4.78 is 2.29. The van der Waals surface area contributed by atoms with Gasteiger partial charge in [-0.25, -0.2) is 9.97 Å². The molecule has 0 saturated heterocycles. The van der Waals surface area contributed by atoms with Crippen LogP contribution in [0.5, 0.6) is 0 Å². The van der Waals surface area contributed by atoms with E-state index < -0.39 is 0 Å². The molecule has 0 amide bonds. The van der Waals surface area contributed by atoms with Crippen molar-refractivity contribution >= 4 is 22.2 Å². The van der Waals surface area contributed by atoms with Crippen LogP contribution < -0.4 is 0 Å². The van der Waals surface area contributed by atoms with E-state index in [-0.39, 0.29) is 0 Å². The molecule has 0 aliphatic rings. The minimum Gasteiger partial charge on any atom is -0.297 e. The normalized spacial score (nSPS) is 11.5. The highest BCUT2D eigenvalue weighted by Gasteiger charge is 2.14. The average Bonchev–Trinajstić information content (AvgIpc) is 3.01. The number of hydrogen-bond donors (Lipinski definition) is 0. The number of nitrogens with zero attached hydrogens (tertiary/aromatic N) is 3. The third-order valence-electron chi connectivity index (χ3n) is 4.96. The number of aromatic nitrogens is 3. The Morgan fingerprint density at radius 1 is 0.808 bits per heavy atom. The highest BCUT2D eigenvalue weighted by Crippen LogP contribution is 2.26. The molecule has 4 aromatic rings. The Bertz CT molecular complexity index is 1030. The van der Waals surface area contributed by atoms with E-state index in [1.54, 1.807) is 0 Å². The summed E-state index contributed by atoms with van der Waals surface area (Å²) in [6, 6.07) is 19.0. The first-order valence-corrected chi connectivity index (χ1v) is 9.60. The smallest absolute Gasteiger partial charge is 0.164 e. The van der Waals surface area contributed by atoms with Crippen LogP contribution in [0.4, 0.5) is 0 Å². The molecule has 26 heavy (non-hydrogen) atoms. The highest BCUT2D eigenvalue weighted by atomic mass is 15.1. The number of benzene rings is 2. The van der Waals surface area contributed by atoms with Gasteiger partial charge in [0, 0.05) is 11.4 Å². The molecule has 3 nitrogen and oxygen atoms in total. The molecule has 0 fully saturated rings. The summed E-state index contributed by atoms with van der Waals surface area (Å²) >= 11 is 0. The van der Waals surface area contributed by atoms with Crippen LogP contribution in [0.2, 0.25) is 0 Å². The zero-order chi connectivity index (χ0) is 17.9. The number of hydrogen-bond acceptors (Lipinski definition) is 2. The maximum Gasteiger partial charge on any atom is 0.164 e. The van der Waals surface area contributed by atoms with Crippen LogP contribution in [0.15, 0.2) is 54.6 Å². The maximum absolute atomic E-state index is 4.94. The minimum absolute atomic E-state index is 0.948. The summed E-state index contributed by atoms with van der Waals surface area (Å²) in [6.07, 6.45) is 6.09. The van der Waals surface area contributed by atoms with Gasteiger partial charge in [-0.1, -0.05) is 56.0 Å². The number of para-hydroxylation sites is 2.